The molecule has 1 amide bonds. The van der Waals surface area contributed by atoms with Gasteiger partial charge in [-0.1, -0.05) is 0 Å². The average molecular weight is 320 g/mol. The Balaban J connectivity index is 2.04. The van der Waals surface area contributed by atoms with E-state index in [0.717, 1.165) is 17.3 Å². The van der Waals surface area contributed by atoms with Gasteiger partial charge in [0.25, 0.3) is 5.91 Å². The van der Waals surface area contributed by atoms with E-state index in [4.69, 9.17) is 4.74 Å². The van der Waals surface area contributed by atoms with Crippen LogP contribution in [0.5, 0.6) is 0 Å². The van der Waals surface area contributed by atoms with E-state index in [-0.39, 0.29) is 12.5 Å². The molecule has 1 aromatic carbocycles. The standard InChI is InChI=1S/C17H21FN2O3/c1-4-23-17(22)8-7-16(21)19(3)14-5-6-15(12(2)9-14)20-10-13(18)11-20/h5-9,13H,4,10-11H2,1-3H3/b8-7+. The van der Waals surface area contributed by atoms with Crippen LogP contribution >= 0.6 is 0 Å². The molecule has 1 aromatic rings. The normalized spacial score (nSPS) is 14.7. The minimum atomic E-state index is -0.758. The molecule has 0 radical (unpaired) electrons. The summed E-state index contributed by atoms with van der Waals surface area (Å²) in [7, 11) is 1.63. The van der Waals surface area contributed by atoms with E-state index < -0.39 is 12.1 Å². The second-order valence-electron chi connectivity index (χ2n) is 5.46. The lowest BCUT2D eigenvalue weighted by Crippen LogP contribution is -2.48. The molecular formula is C17H21FN2O3. The third kappa shape index (κ3) is 4.09. The summed E-state index contributed by atoms with van der Waals surface area (Å²) in [6.07, 6.45) is 1.54. The Morgan fingerprint density at radius 3 is 2.65 bits per heavy atom. The van der Waals surface area contributed by atoms with E-state index in [1.807, 2.05) is 30.0 Å². The van der Waals surface area contributed by atoms with Gasteiger partial charge in [-0.15, -0.1) is 0 Å². The minimum absolute atomic E-state index is 0.268. The molecular weight excluding hydrogens is 299 g/mol. The quantitative estimate of drug-likeness (QED) is 0.617. The molecule has 5 nitrogen and oxygen atoms in total. The molecule has 1 heterocycles. The molecule has 1 fully saturated rings. The first-order valence-electron chi connectivity index (χ1n) is 7.54. The van der Waals surface area contributed by atoms with Crippen molar-refractivity contribution in [1.29, 1.82) is 0 Å². The van der Waals surface area contributed by atoms with Crippen LogP contribution in [0, 0.1) is 6.92 Å². The van der Waals surface area contributed by atoms with Crippen LogP contribution in [-0.2, 0) is 14.3 Å². The van der Waals surface area contributed by atoms with Gasteiger partial charge in [0, 0.05) is 30.6 Å². The van der Waals surface area contributed by atoms with Gasteiger partial charge in [-0.3, -0.25) is 4.79 Å². The molecule has 0 spiro atoms. The van der Waals surface area contributed by atoms with E-state index in [2.05, 4.69) is 0 Å². The molecule has 0 unspecified atom stereocenters. The maximum atomic E-state index is 13.0. The highest BCUT2D eigenvalue weighted by atomic mass is 19.1. The number of esters is 1. The minimum Gasteiger partial charge on any atom is -0.463 e. The third-order valence-corrected chi connectivity index (χ3v) is 3.72. The Labute approximate surface area is 135 Å². The van der Waals surface area contributed by atoms with Gasteiger partial charge in [0.1, 0.15) is 6.17 Å². The number of hydrogen-bond acceptors (Lipinski definition) is 4. The van der Waals surface area contributed by atoms with Crippen LogP contribution in [0.25, 0.3) is 0 Å². The number of anilines is 2. The lowest BCUT2D eigenvalue weighted by Gasteiger charge is -2.37. The summed E-state index contributed by atoms with van der Waals surface area (Å²) in [6, 6.07) is 5.57. The summed E-state index contributed by atoms with van der Waals surface area (Å²) in [5, 5.41) is 0. The van der Waals surface area contributed by atoms with Gasteiger partial charge in [-0.25, -0.2) is 9.18 Å². The molecule has 1 saturated heterocycles. The fourth-order valence-corrected chi connectivity index (χ4v) is 2.39. The number of hydrogen-bond donors (Lipinski definition) is 0. The smallest absolute Gasteiger partial charge is 0.330 e. The fraction of sp³-hybridized carbons (Fsp3) is 0.412. The third-order valence-electron chi connectivity index (χ3n) is 3.72. The summed E-state index contributed by atoms with van der Waals surface area (Å²) in [4.78, 5) is 26.7. The van der Waals surface area contributed by atoms with Crippen molar-refractivity contribution in [2.45, 2.75) is 20.0 Å². The predicted octanol–water partition coefficient (Wildman–Crippen LogP) is 2.24. The molecule has 1 aliphatic heterocycles. The summed E-state index contributed by atoms with van der Waals surface area (Å²) < 4.78 is 17.7. The number of aryl methyl sites for hydroxylation is 1. The molecule has 0 aromatic heterocycles. The van der Waals surface area contributed by atoms with Crippen LogP contribution in [-0.4, -0.2) is 44.8 Å². The second-order valence-corrected chi connectivity index (χ2v) is 5.46. The maximum Gasteiger partial charge on any atom is 0.330 e. The zero-order chi connectivity index (χ0) is 17.0. The molecule has 0 atom stereocenters. The molecule has 1 aliphatic rings. The maximum absolute atomic E-state index is 13.0. The van der Waals surface area contributed by atoms with Crippen molar-refractivity contribution in [3.63, 3.8) is 0 Å². The van der Waals surface area contributed by atoms with E-state index >= 15 is 0 Å². The number of alkyl halides is 1. The topological polar surface area (TPSA) is 49.9 Å². The highest BCUT2D eigenvalue weighted by Crippen LogP contribution is 2.29. The lowest BCUT2D eigenvalue weighted by atomic mass is 10.1. The Kier molecular flexibility index (Phi) is 5.36. The van der Waals surface area contributed by atoms with Gasteiger partial charge in [0.15, 0.2) is 0 Å². The largest absolute Gasteiger partial charge is 0.463 e. The number of halogens is 1. The van der Waals surface area contributed by atoms with Gasteiger partial charge in [-0.2, -0.15) is 0 Å². The molecule has 23 heavy (non-hydrogen) atoms. The summed E-state index contributed by atoms with van der Waals surface area (Å²) in [6.45, 7) is 4.73. The number of carbonyl (C=O) groups excluding carboxylic acids is 2. The lowest BCUT2D eigenvalue weighted by molar-refractivity contribution is -0.137. The molecule has 0 saturated carbocycles. The number of benzene rings is 1. The van der Waals surface area contributed by atoms with Crippen LogP contribution < -0.4 is 9.80 Å². The highest BCUT2D eigenvalue weighted by Gasteiger charge is 2.27. The predicted molar refractivity (Wildman–Crippen MR) is 87.5 cm³/mol. The van der Waals surface area contributed by atoms with Crippen molar-refractivity contribution >= 4 is 23.3 Å². The summed E-state index contributed by atoms with van der Waals surface area (Å²) in [5.74, 6) is -0.864. The van der Waals surface area contributed by atoms with Crippen LogP contribution in [0.15, 0.2) is 30.4 Å². The van der Waals surface area contributed by atoms with Crippen LogP contribution in [0.4, 0.5) is 15.8 Å². The van der Waals surface area contributed by atoms with Crippen molar-refractivity contribution in [2.24, 2.45) is 0 Å². The van der Waals surface area contributed by atoms with Gasteiger partial charge in [0.05, 0.1) is 19.7 Å². The monoisotopic (exact) mass is 320 g/mol. The Bertz CT molecular complexity index is 624. The van der Waals surface area contributed by atoms with Crippen molar-refractivity contribution < 1.29 is 18.7 Å². The van der Waals surface area contributed by atoms with Gasteiger partial charge in [-0.05, 0) is 37.6 Å². The number of carbonyl (C=O) groups is 2. The molecule has 0 aliphatic carbocycles. The highest BCUT2D eigenvalue weighted by molar-refractivity contribution is 6.04. The van der Waals surface area contributed by atoms with Crippen molar-refractivity contribution in [3.8, 4) is 0 Å². The summed E-state index contributed by atoms with van der Waals surface area (Å²) in [5.41, 5.74) is 2.66. The van der Waals surface area contributed by atoms with Gasteiger partial charge < -0.3 is 14.5 Å². The number of amides is 1. The van der Waals surface area contributed by atoms with Crippen LogP contribution in [0.3, 0.4) is 0 Å². The first-order valence-corrected chi connectivity index (χ1v) is 7.54. The number of ether oxygens (including phenoxy) is 1. The zero-order valence-corrected chi connectivity index (χ0v) is 13.6. The van der Waals surface area contributed by atoms with Gasteiger partial charge >= 0.3 is 5.97 Å². The van der Waals surface area contributed by atoms with E-state index in [1.165, 1.54) is 11.0 Å². The summed E-state index contributed by atoms with van der Waals surface area (Å²) >= 11 is 0. The zero-order valence-electron chi connectivity index (χ0n) is 13.6. The van der Waals surface area contributed by atoms with Crippen LogP contribution in [0.2, 0.25) is 0 Å². The first kappa shape index (κ1) is 17.0. The van der Waals surface area contributed by atoms with E-state index in [1.54, 1.807) is 14.0 Å². The molecule has 2 rings (SSSR count). The second kappa shape index (κ2) is 7.26. The number of rotatable bonds is 5. The molecule has 0 bridgehead atoms. The Morgan fingerprint density at radius 1 is 1.39 bits per heavy atom. The van der Waals surface area contributed by atoms with Crippen molar-refractivity contribution in [1.82, 2.24) is 0 Å². The van der Waals surface area contributed by atoms with Gasteiger partial charge in [0.2, 0.25) is 0 Å². The Morgan fingerprint density at radius 2 is 2.09 bits per heavy atom. The molecule has 0 N–H and O–H groups in total. The van der Waals surface area contributed by atoms with Crippen molar-refractivity contribution in [2.75, 3.05) is 36.5 Å². The number of likely N-dealkylation sites (N-methyl/N-ethyl adjacent to an activating group) is 1. The molecule has 124 valence electrons. The Hall–Kier alpha value is -2.37. The van der Waals surface area contributed by atoms with Crippen LogP contribution in [0.1, 0.15) is 12.5 Å². The van der Waals surface area contributed by atoms with E-state index in [0.29, 0.717) is 18.8 Å². The number of nitrogens with zero attached hydrogens (tertiary/aromatic N) is 2. The first-order chi connectivity index (χ1) is 10.9. The molecule has 6 heteroatoms. The van der Waals surface area contributed by atoms with E-state index in [9.17, 15) is 14.0 Å². The van der Waals surface area contributed by atoms with Crippen molar-refractivity contribution in [3.05, 3.63) is 35.9 Å². The average Bonchev–Trinajstić information content (AvgIpc) is 2.49. The fourth-order valence-electron chi connectivity index (χ4n) is 2.39. The SMILES string of the molecule is CCOC(=O)/C=C/C(=O)N(C)c1ccc(N2CC(F)C2)c(C)c1.